The Bertz CT molecular complexity index is 582. The van der Waals surface area contributed by atoms with Crippen LogP contribution in [0.3, 0.4) is 0 Å². The predicted molar refractivity (Wildman–Crippen MR) is 69.6 cm³/mol. The van der Waals surface area contributed by atoms with Crippen molar-refractivity contribution in [1.29, 1.82) is 0 Å². The van der Waals surface area contributed by atoms with Crippen LogP contribution in [0, 0.1) is 0 Å². The highest BCUT2D eigenvalue weighted by molar-refractivity contribution is 5.94. The summed E-state index contributed by atoms with van der Waals surface area (Å²) in [5.41, 5.74) is 1.47. The molecule has 21 heavy (non-hydrogen) atoms. The third-order valence-corrected chi connectivity index (χ3v) is 3.87. The maximum Gasteiger partial charge on any atom is 0.405 e. The van der Waals surface area contributed by atoms with Gasteiger partial charge in [0.05, 0.1) is 0 Å². The zero-order valence-corrected chi connectivity index (χ0v) is 11.3. The summed E-state index contributed by atoms with van der Waals surface area (Å²) in [6.07, 6.45) is -0.771. The van der Waals surface area contributed by atoms with E-state index in [0.717, 1.165) is 29.0 Å². The van der Waals surface area contributed by atoms with E-state index in [1.807, 2.05) is 0 Å². The quantitative estimate of drug-likeness (QED) is 0.929. The number of aromatic nitrogens is 1. The van der Waals surface area contributed by atoms with Crippen molar-refractivity contribution in [3.63, 3.8) is 0 Å². The SMILES string of the molecule is O=C(O)c1cc2c(nc1N(CC(F)(F)F)C1CC1)CCC2. The van der Waals surface area contributed by atoms with Crippen LogP contribution in [0.25, 0.3) is 0 Å². The van der Waals surface area contributed by atoms with E-state index in [1.165, 1.54) is 6.07 Å². The zero-order chi connectivity index (χ0) is 15.2. The molecule has 0 spiro atoms. The summed E-state index contributed by atoms with van der Waals surface area (Å²) >= 11 is 0. The monoisotopic (exact) mass is 300 g/mol. The first-order valence-corrected chi connectivity index (χ1v) is 6.94. The minimum absolute atomic E-state index is 0.0250. The van der Waals surface area contributed by atoms with Crippen LogP contribution in [0.4, 0.5) is 19.0 Å². The molecule has 0 aromatic carbocycles. The average Bonchev–Trinajstić information content (AvgIpc) is 3.11. The average molecular weight is 300 g/mol. The Morgan fingerprint density at radius 3 is 2.67 bits per heavy atom. The molecule has 0 radical (unpaired) electrons. The molecule has 7 heteroatoms. The molecule has 2 aliphatic carbocycles. The maximum absolute atomic E-state index is 12.8. The first-order chi connectivity index (χ1) is 9.85. The summed E-state index contributed by atoms with van der Waals surface area (Å²) in [5.74, 6) is -1.25. The summed E-state index contributed by atoms with van der Waals surface area (Å²) in [4.78, 5) is 16.8. The molecule has 1 saturated carbocycles. The lowest BCUT2D eigenvalue weighted by Gasteiger charge is -2.26. The van der Waals surface area contributed by atoms with Gasteiger partial charge in [0.2, 0.25) is 0 Å². The molecule has 0 bridgehead atoms. The summed E-state index contributed by atoms with van der Waals surface area (Å²) in [6, 6.07) is 1.25. The van der Waals surface area contributed by atoms with Gasteiger partial charge in [-0.1, -0.05) is 0 Å². The van der Waals surface area contributed by atoms with E-state index in [-0.39, 0.29) is 17.4 Å². The molecule has 4 nitrogen and oxygen atoms in total. The van der Waals surface area contributed by atoms with Gasteiger partial charge in [0.1, 0.15) is 17.9 Å². The minimum Gasteiger partial charge on any atom is -0.478 e. The molecule has 1 fully saturated rings. The number of aromatic carboxylic acids is 1. The number of carboxylic acid groups (broad SMARTS) is 1. The fourth-order valence-corrected chi connectivity index (χ4v) is 2.79. The summed E-state index contributed by atoms with van der Waals surface area (Å²) in [7, 11) is 0. The molecular weight excluding hydrogens is 285 g/mol. The van der Waals surface area contributed by atoms with Gasteiger partial charge in [-0.2, -0.15) is 13.2 Å². The standard InChI is InChI=1S/C14H15F3N2O2/c15-14(16,17)7-19(9-4-5-9)12-10(13(20)21)6-8-2-1-3-11(8)18-12/h6,9H,1-5,7H2,(H,20,21). The molecule has 114 valence electrons. The lowest BCUT2D eigenvalue weighted by Crippen LogP contribution is -2.37. The first kappa shape index (κ1) is 14.2. The lowest BCUT2D eigenvalue weighted by atomic mass is 10.1. The number of pyridine rings is 1. The second-order valence-corrected chi connectivity index (χ2v) is 5.60. The molecule has 2 aliphatic rings. The third kappa shape index (κ3) is 2.96. The summed E-state index contributed by atoms with van der Waals surface area (Å²) in [6.45, 7) is -1.15. The Labute approximate surface area is 119 Å². The van der Waals surface area contributed by atoms with E-state index in [0.29, 0.717) is 19.3 Å². The van der Waals surface area contributed by atoms with Crippen LogP contribution in [-0.2, 0) is 12.8 Å². The number of carboxylic acids is 1. The van der Waals surface area contributed by atoms with Gasteiger partial charge in [-0.15, -0.1) is 0 Å². The molecular formula is C14H15F3N2O2. The van der Waals surface area contributed by atoms with E-state index >= 15 is 0 Å². The van der Waals surface area contributed by atoms with Crippen LogP contribution < -0.4 is 4.90 Å². The summed E-state index contributed by atoms with van der Waals surface area (Å²) in [5, 5.41) is 9.30. The number of nitrogens with zero attached hydrogens (tertiary/aromatic N) is 2. The van der Waals surface area contributed by atoms with Crippen molar-refractivity contribution >= 4 is 11.8 Å². The van der Waals surface area contributed by atoms with Crippen molar-refractivity contribution in [3.05, 3.63) is 22.9 Å². The maximum atomic E-state index is 12.8. The van der Waals surface area contributed by atoms with Crippen molar-refractivity contribution in [2.24, 2.45) is 0 Å². The van der Waals surface area contributed by atoms with Gasteiger partial charge in [0, 0.05) is 11.7 Å². The number of anilines is 1. The number of rotatable bonds is 4. The van der Waals surface area contributed by atoms with Gasteiger partial charge in [-0.3, -0.25) is 0 Å². The predicted octanol–water partition coefficient (Wildman–Crippen LogP) is 2.80. The largest absolute Gasteiger partial charge is 0.478 e. The smallest absolute Gasteiger partial charge is 0.405 e. The van der Waals surface area contributed by atoms with Crippen molar-refractivity contribution < 1.29 is 23.1 Å². The van der Waals surface area contributed by atoms with Gasteiger partial charge >= 0.3 is 12.1 Å². The van der Waals surface area contributed by atoms with Crippen LogP contribution in [0.5, 0.6) is 0 Å². The molecule has 3 rings (SSSR count). The van der Waals surface area contributed by atoms with E-state index in [4.69, 9.17) is 0 Å². The molecule has 1 heterocycles. The summed E-state index contributed by atoms with van der Waals surface area (Å²) < 4.78 is 38.3. The molecule has 1 N–H and O–H groups in total. The lowest BCUT2D eigenvalue weighted by molar-refractivity contribution is -0.120. The van der Waals surface area contributed by atoms with Crippen LogP contribution in [0.15, 0.2) is 6.07 Å². The second-order valence-electron chi connectivity index (χ2n) is 5.60. The van der Waals surface area contributed by atoms with Crippen molar-refractivity contribution in [1.82, 2.24) is 4.98 Å². The number of carbonyl (C=O) groups is 1. The van der Waals surface area contributed by atoms with Gasteiger partial charge in [-0.25, -0.2) is 9.78 Å². The number of aryl methyl sites for hydroxylation is 2. The molecule has 0 unspecified atom stereocenters. The van der Waals surface area contributed by atoms with Crippen LogP contribution >= 0.6 is 0 Å². The van der Waals surface area contributed by atoms with Gasteiger partial charge < -0.3 is 10.0 Å². The number of hydrogen-bond donors (Lipinski definition) is 1. The van der Waals surface area contributed by atoms with E-state index < -0.39 is 18.7 Å². The van der Waals surface area contributed by atoms with Crippen molar-refractivity contribution in [2.75, 3.05) is 11.4 Å². The Hall–Kier alpha value is -1.79. The second kappa shape index (κ2) is 4.89. The zero-order valence-electron chi connectivity index (χ0n) is 11.3. The van der Waals surface area contributed by atoms with E-state index in [9.17, 15) is 23.1 Å². The fourth-order valence-electron chi connectivity index (χ4n) is 2.79. The van der Waals surface area contributed by atoms with Crippen LogP contribution in [0.1, 0.15) is 40.9 Å². The minimum atomic E-state index is -4.38. The van der Waals surface area contributed by atoms with Crippen molar-refractivity contribution in [3.8, 4) is 0 Å². The van der Waals surface area contributed by atoms with E-state index in [1.54, 1.807) is 0 Å². The van der Waals surface area contributed by atoms with Crippen LogP contribution in [0.2, 0.25) is 0 Å². The number of halogens is 3. The molecule has 0 amide bonds. The van der Waals surface area contributed by atoms with Gasteiger partial charge in [0.25, 0.3) is 0 Å². The highest BCUT2D eigenvalue weighted by Crippen LogP contribution is 2.36. The topological polar surface area (TPSA) is 53.4 Å². The highest BCUT2D eigenvalue weighted by Gasteiger charge is 2.40. The molecule has 0 saturated heterocycles. The number of alkyl halides is 3. The molecule has 0 atom stereocenters. The fraction of sp³-hybridized carbons (Fsp3) is 0.571. The van der Waals surface area contributed by atoms with Gasteiger partial charge in [-0.05, 0) is 43.7 Å². The Morgan fingerprint density at radius 1 is 1.38 bits per heavy atom. The normalized spacial score (nSPS) is 17.7. The number of hydrogen-bond acceptors (Lipinski definition) is 3. The van der Waals surface area contributed by atoms with E-state index in [2.05, 4.69) is 4.98 Å². The first-order valence-electron chi connectivity index (χ1n) is 6.94. The Morgan fingerprint density at radius 2 is 2.10 bits per heavy atom. The molecule has 1 aromatic rings. The van der Waals surface area contributed by atoms with Crippen LogP contribution in [-0.4, -0.2) is 34.8 Å². The van der Waals surface area contributed by atoms with Crippen molar-refractivity contribution in [2.45, 2.75) is 44.3 Å². The number of fused-ring (bicyclic) bond motifs is 1. The highest BCUT2D eigenvalue weighted by atomic mass is 19.4. The molecule has 0 aliphatic heterocycles. The third-order valence-electron chi connectivity index (χ3n) is 3.87. The van der Waals surface area contributed by atoms with Gasteiger partial charge in [0.15, 0.2) is 0 Å². The molecule has 1 aromatic heterocycles. The Kier molecular flexibility index (Phi) is 3.30. The Balaban J connectivity index is 2.03.